The van der Waals surface area contributed by atoms with E-state index in [2.05, 4.69) is 12.1 Å². The maximum atomic E-state index is 10.9. The van der Waals surface area contributed by atoms with Crippen LogP contribution in [0.4, 0.5) is 0 Å². The Bertz CT molecular complexity index is 1630. The molecule has 0 aliphatic rings. The molecule has 4 aromatic rings. The molecule has 0 heterocycles. The molecule has 0 aromatic heterocycles. The van der Waals surface area contributed by atoms with E-state index in [9.17, 15) is 31.3 Å². The summed E-state index contributed by atoms with van der Waals surface area (Å²) >= 11 is 0. The van der Waals surface area contributed by atoms with E-state index in [-0.39, 0.29) is 39.3 Å². The number of rotatable bonds is 3. The van der Waals surface area contributed by atoms with Gasteiger partial charge in [0.25, 0.3) is 0 Å². The van der Waals surface area contributed by atoms with Crippen LogP contribution in [0, 0.1) is 45.3 Å². The number of benzene rings is 4. The van der Waals surface area contributed by atoms with Gasteiger partial charge < -0.3 is 10.2 Å². The summed E-state index contributed by atoms with van der Waals surface area (Å²) in [6.45, 7) is 0. The molecule has 158 valence electrons. The Morgan fingerprint density at radius 1 is 0.441 bits per heavy atom. The number of aromatic hydroxyl groups is 2. The van der Waals surface area contributed by atoms with E-state index < -0.39 is 0 Å². The summed E-state index contributed by atoms with van der Waals surface area (Å²) in [5.74, 6) is -0.265. The second kappa shape index (κ2) is 8.89. The van der Waals surface area contributed by atoms with Crippen molar-refractivity contribution in [2.75, 3.05) is 0 Å². The van der Waals surface area contributed by atoms with Gasteiger partial charge in [0, 0.05) is 27.8 Å². The van der Waals surface area contributed by atoms with Gasteiger partial charge in [-0.25, -0.2) is 0 Å². The van der Waals surface area contributed by atoms with Crippen LogP contribution in [0.15, 0.2) is 72.8 Å². The van der Waals surface area contributed by atoms with E-state index in [0.717, 1.165) is 0 Å². The molecule has 0 bridgehead atoms. The third-order valence-electron chi connectivity index (χ3n) is 5.51. The summed E-state index contributed by atoms with van der Waals surface area (Å²) in [4.78, 5) is 0. The highest BCUT2D eigenvalue weighted by Gasteiger charge is 2.24. The van der Waals surface area contributed by atoms with E-state index in [1.165, 1.54) is 24.3 Å². The Labute approximate surface area is 195 Å². The summed E-state index contributed by atoms with van der Waals surface area (Å²) in [7, 11) is 0. The van der Waals surface area contributed by atoms with Gasteiger partial charge in [-0.1, -0.05) is 42.5 Å². The molecule has 0 radical (unpaired) electrons. The number of phenols is 2. The number of nitrogens with zero attached hydrogens (tertiary/aromatic N) is 4. The second-order valence-corrected chi connectivity index (χ2v) is 7.30. The Hall–Kier alpha value is -5.56. The zero-order valence-electron chi connectivity index (χ0n) is 17.6. The Balaban J connectivity index is 2.25. The summed E-state index contributed by atoms with van der Waals surface area (Å²) in [5, 5.41) is 60.4. The molecule has 0 atom stereocenters. The Kier molecular flexibility index (Phi) is 5.67. The largest absolute Gasteiger partial charge is 0.507 e. The van der Waals surface area contributed by atoms with Crippen molar-refractivity contribution in [1.29, 1.82) is 21.0 Å². The average Bonchev–Trinajstić information content (AvgIpc) is 2.87. The summed E-state index contributed by atoms with van der Waals surface area (Å²) in [6.07, 6.45) is 0. The minimum atomic E-state index is -0.165. The molecule has 0 aliphatic heterocycles. The van der Waals surface area contributed by atoms with E-state index in [0.29, 0.717) is 27.8 Å². The van der Waals surface area contributed by atoms with E-state index >= 15 is 0 Å². The zero-order chi connectivity index (χ0) is 24.2. The quantitative estimate of drug-likeness (QED) is 0.428. The standard InChI is InChI=1S/C28H14N4O2/c29-13-17-5-3-8-19(23(17)15-31)21-11-12-26(34)28(22-7-1-2-10-25(22)33)27(21)20-9-4-6-18(14-30)24(20)16-32/h1-12,33-34H. The molecular formula is C28H14N4O2. The molecule has 0 fully saturated rings. The molecule has 34 heavy (non-hydrogen) atoms. The van der Waals surface area contributed by atoms with Crippen LogP contribution in [0.25, 0.3) is 33.4 Å². The van der Waals surface area contributed by atoms with Gasteiger partial charge in [0.2, 0.25) is 0 Å². The monoisotopic (exact) mass is 438 g/mol. The smallest absolute Gasteiger partial charge is 0.124 e. The van der Waals surface area contributed by atoms with Gasteiger partial charge in [-0.15, -0.1) is 0 Å². The van der Waals surface area contributed by atoms with Crippen LogP contribution in [0.2, 0.25) is 0 Å². The summed E-state index contributed by atoms with van der Waals surface area (Å²) in [5.41, 5.74) is 2.64. The number of phenolic OH excluding ortho intramolecular Hbond substituents is 2. The molecule has 0 unspecified atom stereocenters. The number of para-hydroxylation sites is 1. The van der Waals surface area contributed by atoms with Crippen molar-refractivity contribution < 1.29 is 10.2 Å². The predicted molar refractivity (Wildman–Crippen MR) is 125 cm³/mol. The van der Waals surface area contributed by atoms with E-state index in [1.807, 2.05) is 12.1 Å². The zero-order valence-corrected chi connectivity index (χ0v) is 17.6. The minimum absolute atomic E-state index is 0.0865. The number of hydrogen-bond acceptors (Lipinski definition) is 6. The lowest BCUT2D eigenvalue weighted by Crippen LogP contribution is -1.98. The molecule has 0 aliphatic carbocycles. The van der Waals surface area contributed by atoms with Crippen LogP contribution in [0.5, 0.6) is 11.5 Å². The molecule has 4 rings (SSSR count). The molecule has 0 amide bonds. The highest BCUT2D eigenvalue weighted by molar-refractivity contribution is 6.01. The van der Waals surface area contributed by atoms with Crippen molar-refractivity contribution in [3.8, 4) is 69.2 Å². The lowest BCUT2D eigenvalue weighted by Gasteiger charge is -2.20. The Morgan fingerprint density at radius 3 is 1.59 bits per heavy atom. The van der Waals surface area contributed by atoms with Gasteiger partial charge in [-0.05, 0) is 35.9 Å². The molecule has 0 saturated heterocycles. The summed E-state index contributed by atoms with van der Waals surface area (Å²) < 4.78 is 0. The lowest BCUT2D eigenvalue weighted by molar-refractivity contribution is 0.469. The Morgan fingerprint density at radius 2 is 1.00 bits per heavy atom. The van der Waals surface area contributed by atoms with E-state index in [4.69, 9.17) is 0 Å². The van der Waals surface area contributed by atoms with Gasteiger partial charge >= 0.3 is 0 Å². The van der Waals surface area contributed by atoms with Crippen molar-refractivity contribution in [3.05, 3.63) is 95.1 Å². The fourth-order valence-corrected chi connectivity index (χ4v) is 4.02. The summed E-state index contributed by atoms with van der Waals surface area (Å²) in [6, 6.07) is 27.2. The first-order valence-electron chi connectivity index (χ1n) is 10.1. The van der Waals surface area contributed by atoms with E-state index in [1.54, 1.807) is 48.5 Å². The topological polar surface area (TPSA) is 136 Å². The first-order chi connectivity index (χ1) is 16.5. The van der Waals surface area contributed by atoms with Gasteiger partial charge in [0.15, 0.2) is 0 Å². The fraction of sp³-hybridized carbons (Fsp3) is 0. The van der Waals surface area contributed by atoms with Crippen LogP contribution < -0.4 is 0 Å². The fourth-order valence-electron chi connectivity index (χ4n) is 4.02. The van der Waals surface area contributed by atoms with Crippen molar-refractivity contribution in [2.45, 2.75) is 0 Å². The first-order valence-corrected chi connectivity index (χ1v) is 10.1. The van der Waals surface area contributed by atoms with Crippen LogP contribution in [0.3, 0.4) is 0 Å². The van der Waals surface area contributed by atoms with Gasteiger partial charge in [-0.3, -0.25) is 0 Å². The molecule has 0 spiro atoms. The maximum absolute atomic E-state index is 10.9. The van der Waals surface area contributed by atoms with Crippen molar-refractivity contribution in [1.82, 2.24) is 0 Å². The van der Waals surface area contributed by atoms with Gasteiger partial charge in [0.05, 0.1) is 22.3 Å². The van der Waals surface area contributed by atoms with Crippen LogP contribution in [0.1, 0.15) is 22.3 Å². The highest BCUT2D eigenvalue weighted by Crippen LogP contribution is 2.48. The molecule has 0 saturated carbocycles. The maximum Gasteiger partial charge on any atom is 0.124 e. The molecule has 6 heteroatoms. The van der Waals surface area contributed by atoms with Crippen molar-refractivity contribution in [2.24, 2.45) is 0 Å². The van der Waals surface area contributed by atoms with Crippen LogP contribution in [-0.4, -0.2) is 10.2 Å². The van der Waals surface area contributed by atoms with Crippen molar-refractivity contribution >= 4 is 0 Å². The SMILES string of the molecule is N#Cc1cccc(-c2ccc(O)c(-c3ccccc3O)c2-c2cccc(C#N)c2C#N)c1C#N. The predicted octanol–water partition coefficient (Wildman–Crippen LogP) is 5.59. The highest BCUT2D eigenvalue weighted by atomic mass is 16.3. The molecule has 6 nitrogen and oxygen atoms in total. The average molecular weight is 438 g/mol. The molecule has 2 N–H and O–H groups in total. The number of hydrogen-bond donors (Lipinski definition) is 2. The molecule has 4 aromatic carbocycles. The van der Waals surface area contributed by atoms with Crippen molar-refractivity contribution in [3.63, 3.8) is 0 Å². The molecular weight excluding hydrogens is 424 g/mol. The third-order valence-corrected chi connectivity index (χ3v) is 5.51. The van der Waals surface area contributed by atoms with Gasteiger partial charge in [-0.2, -0.15) is 21.0 Å². The van der Waals surface area contributed by atoms with Crippen LogP contribution >= 0.6 is 0 Å². The van der Waals surface area contributed by atoms with Gasteiger partial charge in [0.1, 0.15) is 35.8 Å². The number of nitriles is 4. The lowest BCUT2D eigenvalue weighted by atomic mass is 9.83. The second-order valence-electron chi connectivity index (χ2n) is 7.30. The third kappa shape index (κ3) is 3.45. The van der Waals surface area contributed by atoms with Crippen LogP contribution in [-0.2, 0) is 0 Å². The first kappa shape index (κ1) is 21.7. The minimum Gasteiger partial charge on any atom is -0.507 e. The normalized spacial score (nSPS) is 9.88.